The molecule has 12 heavy (non-hydrogen) atoms. The van der Waals surface area contributed by atoms with Gasteiger partial charge >= 0.3 is 0 Å². The van der Waals surface area contributed by atoms with Crippen LogP contribution in [0.25, 0.3) is 0 Å². The molecule has 0 aliphatic heterocycles. The zero-order valence-corrected chi connectivity index (χ0v) is 7.33. The second kappa shape index (κ2) is 2.87. The van der Waals surface area contributed by atoms with Crippen LogP contribution < -0.4 is 5.73 Å². The third-order valence-electron chi connectivity index (χ3n) is 2.67. The first kappa shape index (κ1) is 7.74. The molecular weight excluding hydrogens is 148 g/mol. The van der Waals surface area contributed by atoms with Gasteiger partial charge in [0, 0.05) is 11.9 Å². The molecule has 1 aliphatic rings. The van der Waals surface area contributed by atoms with Gasteiger partial charge in [-0.05, 0) is 43.4 Å². The van der Waals surface area contributed by atoms with Crippen LogP contribution >= 0.6 is 0 Å². The average molecular weight is 162 g/mol. The van der Waals surface area contributed by atoms with E-state index in [1.54, 1.807) is 0 Å². The molecule has 0 radical (unpaired) electrons. The number of pyridine rings is 1. The highest BCUT2D eigenvalue weighted by Crippen LogP contribution is 2.47. The van der Waals surface area contributed by atoms with Crippen LogP contribution in [-0.2, 0) is 0 Å². The second-order valence-electron chi connectivity index (χ2n) is 3.52. The van der Waals surface area contributed by atoms with Crippen molar-refractivity contribution >= 4 is 0 Å². The van der Waals surface area contributed by atoms with Crippen LogP contribution in [0.2, 0.25) is 0 Å². The predicted molar refractivity (Wildman–Crippen MR) is 48.9 cm³/mol. The maximum absolute atomic E-state index is 5.59. The van der Waals surface area contributed by atoms with Crippen LogP contribution in [0.15, 0.2) is 18.3 Å². The highest BCUT2D eigenvalue weighted by Gasteiger charge is 2.37. The summed E-state index contributed by atoms with van der Waals surface area (Å²) in [5.41, 5.74) is 8.15. The van der Waals surface area contributed by atoms with Crippen molar-refractivity contribution in [3.63, 3.8) is 0 Å². The second-order valence-corrected chi connectivity index (χ2v) is 3.52. The number of nitrogens with two attached hydrogens (primary N) is 1. The Bertz CT molecular complexity index is 283. The molecule has 1 aliphatic carbocycles. The molecule has 2 heteroatoms. The van der Waals surface area contributed by atoms with Crippen LogP contribution in [0.1, 0.15) is 23.6 Å². The number of rotatable bonds is 2. The first-order chi connectivity index (χ1) is 5.83. The molecule has 0 bridgehead atoms. The fourth-order valence-corrected chi connectivity index (χ4v) is 1.78. The molecule has 2 atom stereocenters. The lowest BCUT2D eigenvalue weighted by molar-refractivity contribution is 0.804. The van der Waals surface area contributed by atoms with Gasteiger partial charge in [-0.1, -0.05) is 6.07 Å². The molecule has 1 saturated carbocycles. The Kier molecular flexibility index (Phi) is 1.85. The maximum atomic E-state index is 5.59. The Morgan fingerprint density at radius 1 is 1.67 bits per heavy atom. The van der Waals surface area contributed by atoms with Crippen molar-refractivity contribution in [1.82, 2.24) is 4.98 Å². The lowest BCUT2D eigenvalue weighted by atomic mass is 10.1. The van der Waals surface area contributed by atoms with Crippen molar-refractivity contribution in [3.8, 4) is 0 Å². The summed E-state index contributed by atoms with van der Waals surface area (Å²) in [5.74, 6) is 1.41. The quantitative estimate of drug-likeness (QED) is 0.715. The van der Waals surface area contributed by atoms with E-state index in [1.807, 2.05) is 12.3 Å². The largest absolute Gasteiger partial charge is 0.330 e. The fourth-order valence-electron chi connectivity index (χ4n) is 1.78. The maximum Gasteiger partial charge on any atom is 0.0407 e. The van der Waals surface area contributed by atoms with Gasteiger partial charge in [0.1, 0.15) is 0 Å². The van der Waals surface area contributed by atoms with Crippen molar-refractivity contribution in [2.45, 2.75) is 19.3 Å². The Labute approximate surface area is 72.8 Å². The van der Waals surface area contributed by atoms with E-state index in [0.29, 0.717) is 11.8 Å². The minimum Gasteiger partial charge on any atom is -0.330 e. The summed E-state index contributed by atoms with van der Waals surface area (Å²) in [6, 6.07) is 4.18. The molecule has 1 aromatic heterocycles. The van der Waals surface area contributed by atoms with Crippen LogP contribution in [0.4, 0.5) is 0 Å². The monoisotopic (exact) mass is 162 g/mol. The molecule has 2 rings (SSSR count). The first-order valence-electron chi connectivity index (χ1n) is 4.44. The van der Waals surface area contributed by atoms with Gasteiger partial charge in [0.2, 0.25) is 0 Å². The molecule has 1 heterocycles. The van der Waals surface area contributed by atoms with E-state index in [2.05, 4.69) is 18.0 Å². The number of nitrogens with zero attached hydrogens (tertiary/aromatic N) is 1. The zero-order chi connectivity index (χ0) is 8.55. The summed E-state index contributed by atoms with van der Waals surface area (Å²) in [6.45, 7) is 2.89. The third-order valence-corrected chi connectivity index (χ3v) is 2.67. The van der Waals surface area contributed by atoms with Crippen molar-refractivity contribution in [3.05, 3.63) is 29.6 Å². The van der Waals surface area contributed by atoms with Crippen molar-refractivity contribution in [1.29, 1.82) is 0 Å². The van der Waals surface area contributed by atoms with Gasteiger partial charge in [0.15, 0.2) is 0 Å². The summed E-state index contributed by atoms with van der Waals surface area (Å²) < 4.78 is 0. The Balaban J connectivity index is 2.19. The normalized spacial score (nSPS) is 27.2. The SMILES string of the molecule is Cc1ncccc1C1CC1CN. The summed E-state index contributed by atoms with van der Waals surface area (Å²) in [7, 11) is 0. The third kappa shape index (κ3) is 1.23. The zero-order valence-electron chi connectivity index (χ0n) is 7.33. The number of aromatic nitrogens is 1. The van der Waals surface area contributed by atoms with Gasteiger partial charge in [0.25, 0.3) is 0 Å². The van der Waals surface area contributed by atoms with Gasteiger partial charge in [-0.25, -0.2) is 0 Å². The van der Waals surface area contributed by atoms with E-state index >= 15 is 0 Å². The van der Waals surface area contributed by atoms with Gasteiger partial charge in [-0.3, -0.25) is 4.98 Å². The van der Waals surface area contributed by atoms with E-state index in [1.165, 1.54) is 17.7 Å². The minimum absolute atomic E-state index is 0.698. The lowest BCUT2D eigenvalue weighted by Crippen LogP contribution is -2.02. The van der Waals surface area contributed by atoms with Gasteiger partial charge in [0.05, 0.1) is 0 Å². The van der Waals surface area contributed by atoms with Crippen LogP contribution in [0.5, 0.6) is 0 Å². The Morgan fingerprint density at radius 3 is 3.08 bits per heavy atom. The highest BCUT2D eigenvalue weighted by atomic mass is 14.7. The molecule has 2 N–H and O–H groups in total. The topological polar surface area (TPSA) is 38.9 Å². The lowest BCUT2D eigenvalue weighted by Gasteiger charge is -2.01. The molecule has 2 nitrogen and oxygen atoms in total. The Morgan fingerprint density at radius 2 is 2.50 bits per heavy atom. The molecule has 2 unspecified atom stereocenters. The van der Waals surface area contributed by atoms with Crippen molar-refractivity contribution < 1.29 is 0 Å². The summed E-state index contributed by atoms with van der Waals surface area (Å²) >= 11 is 0. The molecule has 64 valence electrons. The molecule has 0 aromatic carbocycles. The molecule has 0 spiro atoms. The fraction of sp³-hybridized carbons (Fsp3) is 0.500. The standard InChI is InChI=1S/C10H14N2/c1-7-9(3-2-4-12-7)10-5-8(10)6-11/h2-4,8,10H,5-6,11H2,1H3. The van der Waals surface area contributed by atoms with Crippen molar-refractivity contribution in [2.24, 2.45) is 11.7 Å². The van der Waals surface area contributed by atoms with Crippen LogP contribution in [-0.4, -0.2) is 11.5 Å². The van der Waals surface area contributed by atoms with E-state index in [4.69, 9.17) is 5.73 Å². The predicted octanol–water partition coefficient (Wildman–Crippen LogP) is 1.45. The van der Waals surface area contributed by atoms with E-state index in [9.17, 15) is 0 Å². The smallest absolute Gasteiger partial charge is 0.0407 e. The van der Waals surface area contributed by atoms with Gasteiger partial charge in [-0.2, -0.15) is 0 Å². The average Bonchev–Trinajstić information content (AvgIpc) is 2.84. The van der Waals surface area contributed by atoms with Gasteiger partial charge < -0.3 is 5.73 Å². The summed E-state index contributed by atoms with van der Waals surface area (Å²) in [6.07, 6.45) is 3.10. The number of hydrogen-bond donors (Lipinski definition) is 1. The number of hydrogen-bond acceptors (Lipinski definition) is 2. The van der Waals surface area contributed by atoms with Crippen LogP contribution in [0.3, 0.4) is 0 Å². The summed E-state index contributed by atoms with van der Waals surface area (Å²) in [4.78, 5) is 4.27. The molecule has 0 saturated heterocycles. The molecule has 1 aromatic rings. The van der Waals surface area contributed by atoms with Crippen LogP contribution in [0, 0.1) is 12.8 Å². The van der Waals surface area contributed by atoms with Gasteiger partial charge in [-0.15, -0.1) is 0 Å². The summed E-state index contributed by atoms with van der Waals surface area (Å²) in [5, 5.41) is 0. The molecule has 1 fully saturated rings. The number of aryl methyl sites for hydroxylation is 1. The van der Waals surface area contributed by atoms with E-state index in [0.717, 1.165) is 6.54 Å². The van der Waals surface area contributed by atoms with E-state index < -0.39 is 0 Å². The first-order valence-corrected chi connectivity index (χ1v) is 4.44. The van der Waals surface area contributed by atoms with E-state index in [-0.39, 0.29) is 0 Å². The molecular formula is C10H14N2. The Hall–Kier alpha value is -0.890. The highest BCUT2D eigenvalue weighted by molar-refractivity contribution is 5.28. The van der Waals surface area contributed by atoms with Crippen molar-refractivity contribution in [2.75, 3.05) is 6.54 Å². The minimum atomic E-state index is 0.698. The molecule has 0 amide bonds.